The van der Waals surface area contributed by atoms with Crippen molar-refractivity contribution in [2.45, 2.75) is 51.1 Å². The highest BCUT2D eigenvalue weighted by Crippen LogP contribution is 2.39. The Labute approximate surface area is 196 Å². The smallest absolute Gasteiger partial charge is 0.435 e. The summed E-state index contributed by atoms with van der Waals surface area (Å²) < 4.78 is 48.1. The van der Waals surface area contributed by atoms with E-state index in [9.17, 15) is 27.9 Å². The summed E-state index contributed by atoms with van der Waals surface area (Å²) in [7, 11) is 0. The van der Waals surface area contributed by atoms with Crippen molar-refractivity contribution in [3.05, 3.63) is 63.5 Å². The standard InChI is InChI=1S/C24H21F3N4O4/c1-12-15(21-29-17(23(33)34)18(35-21)14-10-6-3-7-11-14)22(32)31-20(28-12)16(13-8-4-2-5-9-13)19(30-31)24(25,26)27/h2,4-5,8-9,14,28H,3,6-7,10-11H2,1H3,(H,33,34). The number of H-pyrrole nitrogens is 1. The van der Waals surface area contributed by atoms with E-state index in [0.29, 0.717) is 4.52 Å². The summed E-state index contributed by atoms with van der Waals surface area (Å²) in [5.41, 5.74) is -2.53. The van der Waals surface area contributed by atoms with Gasteiger partial charge in [0, 0.05) is 11.6 Å². The van der Waals surface area contributed by atoms with Crippen LogP contribution >= 0.6 is 0 Å². The van der Waals surface area contributed by atoms with Crippen LogP contribution in [0.5, 0.6) is 0 Å². The Balaban J connectivity index is 1.74. The number of alkyl halides is 3. The minimum absolute atomic E-state index is 0.132. The van der Waals surface area contributed by atoms with Crippen molar-refractivity contribution in [3.8, 4) is 22.6 Å². The average molecular weight is 486 g/mol. The van der Waals surface area contributed by atoms with Gasteiger partial charge in [0.2, 0.25) is 5.89 Å². The van der Waals surface area contributed by atoms with Crippen molar-refractivity contribution in [2.24, 2.45) is 0 Å². The number of aromatic amines is 1. The number of nitrogens with one attached hydrogen (secondary N) is 1. The molecule has 1 fully saturated rings. The fraction of sp³-hybridized carbons (Fsp3) is 0.333. The molecule has 5 rings (SSSR count). The Kier molecular flexibility index (Phi) is 5.49. The molecule has 3 aromatic heterocycles. The Morgan fingerprint density at radius 3 is 2.46 bits per heavy atom. The molecule has 11 heteroatoms. The number of nitrogens with zero attached hydrogens (tertiary/aromatic N) is 3. The molecule has 0 unspecified atom stereocenters. The second-order valence-electron chi connectivity index (χ2n) is 8.65. The number of fused-ring (bicyclic) bond motifs is 1. The first-order chi connectivity index (χ1) is 16.7. The van der Waals surface area contributed by atoms with Crippen LogP contribution in [-0.4, -0.2) is 30.7 Å². The van der Waals surface area contributed by atoms with Gasteiger partial charge in [0.15, 0.2) is 11.4 Å². The molecule has 35 heavy (non-hydrogen) atoms. The number of aromatic carboxylic acids is 1. The first kappa shape index (κ1) is 22.9. The third kappa shape index (κ3) is 3.90. The van der Waals surface area contributed by atoms with Crippen LogP contribution in [0.15, 0.2) is 39.5 Å². The number of aromatic nitrogens is 4. The first-order valence-electron chi connectivity index (χ1n) is 11.2. The molecular weight excluding hydrogens is 465 g/mol. The number of aryl methyl sites for hydroxylation is 1. The summed E-state index contributed by atoms with van der Waals surface area (Å²) in [4.78, 5) is 32.2. The molecule has 1 aliphatic carbocycles. The summed E-state index contributed by atoms with van der Waals surface area (Å²) in [6.07, 6.45) is -0.475. The quantitative estimate of drug-likeness (QED) is 0.398. The zero-order valence-corrected chi connectivity index (χ0v) is 18.6. The minimum atomic E-state index is -4.82. The van der Waals surface area contributed by atoms with Crippen molar-refractivity contribution in [3.63, 3.8) is 0 Å². The maximum atomic E-state index is 13.9. The van der Waals surface area contributed by atoms with Crippen molar-refractivity contribution in [1.29, 1.82) is 0 Å². The van der Waals surface area contributed by atoms with Crippen LogP contribution in [0.4, 0.5) is 13.2 Å². The Morgan fingerprint density at radius 2 is 1.83 bits per heavy atom. The van der Waals surface area contributed by atoms with E-state index in [1.54, 1.807) is 18.2 Å². The highest BCUT2D eigenvalue weighted by atomic mass is 19.4. The fourth-order valence-corrected chi connectivity index (χ4v) is 4.75. The van der Waals surface area contributed by atoms with Crippen LogP contribution in [0, 0.1) is 6.92 Å². The SMILES string of the molecule is Cc1[nH]c2c(-c3ccccc3)c(C(F)(F)F)nn2c(=O)c1-c1nc(C(=O)O)c(C2CCCCC2)o1. The molecule has 0 saturated heterocycles. The number of rotatable bonds is 4. The van der Waals surface area contributed by atoms with Gasteiger partial charge in [-0.05, 0) is 25.3 Å². The van der Waals surface area contributed by atoms with Crippen molar-refractivity contribution < 1.29 is 27.5 Å². The molecule has 1 aliphatic rings. The van der Waals surface area contributed by atoms with E-state index >= 15 is 0 Å². The third-order valence-electron chi connectivity index (χ3n) is 6.35. The highest BCUT2D eigenvalue weighted by Gasteiger charge is 2.40. The van der Waals surface area contributed by atoms with Gasteiger partial charge in [0.1, 0.15) is 17.0 Å². The van der Waals surface area contributed by atoms with Gasteiger partial charge in [-0.1, -0.05) is 49.6 Å². The van der Waals surface area contributed by atoms with Gasteiger partial charge < -0.3 is 14.5 Å². The number of hydrogen-bond acceptors (Lipinski definition) is 5. The summed E-state index contributed by atoms with van der Waals surface area (Å²) in [5.74, 6) is -1.51. The van der Waals surface area contributed by atoms with Crippen LogP contribution in [0.25, 0.3) is 28.2 Å². The number of hydrogen-bond donors (Lipinski definition) is 2. The average Bonchev–Trinajstić information content (AvgIpc) is 3.43. The molecule has 8 nitrogen and oxygen atoms in total. The van der Waals surface area contributed by atoms with Gasteiger partial charge in [-0.2, -0.15) is 22.8 Å². The third-order valence-corrected chi connectivity index (χ3v) is 6.35. The van der Waals surface area contributed by atoms with Crippen molar-refractivity contribution >= 4 is 11.6 Å². The molecule has 182 valence electrons. The first-order valence-corrected chi connectivity index (χ1v) is 11.2. The van der Waals surface area contributed by atoms with Gasteiger partial charge in [-0.3, -0.25) is 4.79 Å². The van der Waals surface area contributed by atoms with E-state index in [1.165, 1.54) is 19.1 Å². The molecule has 0 amide bonds. The topological polar surface area (TPSA) is 113 Å². The number of carbonyl (C=O) groups is 1. The van der Waals surface area contributed by atoms with E-state index in [0.717, 1.165) is 32.1 Å². The van der Waals surface area contributed by atoms with E-state index in [4.69, 9.17) is 4.42 Å². The van der Waals surface area contributed by atoms with Crippen LogP contribution < -0.4 is 5.56 Å². The Bertz CT molecular complexity index is 1480. The van der Waals surface area contributed by atoms with Crippen LogP contribution in [0.2, 0.25) is 0 Å². The van der Waals surface area contributed by atoms with Gasteiger partial charge >= 0.3 is 12.1 Å². The molecule has 0 aliphatic heterocycles. The summed E-state index contributed by atoms with van der Waals surface area (Å²) in [5, 5.41) is 13.3. The molecular formula is C24H21F3N4O4. The molecule has 1 saturated carbocycles. The lowest BCUT2D eigenvalue weighted by Crippen LogP contribution is -2.20. The predicted octanol–water partition coefficient (Wildman–Crippen LogP) is 5.42. The molecule has 0 radical (unpaired) electrons. The maximum Gasteiger partial charge on any atom is 0.435 e. The molecule has 0 spiro atoms. The van der Waals surface area contributed by atoms with Crippen molar-refractivity contribution in [1.82, 2.24) is 19.6 Å². The monoisotopic (exact) mass is 486 g/mol. The largest absolute Gasteiger partial charge is 0.476 e. The number of oxazole rings is 1. The summed E-state index contributed by atoms with van der Waals surface area (Å²) >= 11 is 0. The van der Waals surface area contributed by atoms with Gasteiger partial charge in [0.25, 0.3) is 5.56 Å². The number of halogens is 3. The molecule has 3 heterocycles. The van der Waals surface area contributed by atoms with Gasteiger partial charge in [-0.15, -0.1) is 0 Å². The second kappa shape index (κ2) is 8.40. The zero-order valence-electron chi connectivity index (χ0n) is 18.6. The Hall–Kier alpha value is -3.89. The molecule has 2 N–H and O–H groups in total. The molecule has 1 aromatic carbocycles. The summed E-state index contributed by atoms with van der Waals surface area (Å²) in [6.45, 7) is 1.50. The van der Waals surface area contributed by atoms with E-state index in [-0.39, 0.29) is 51.3 Å². The highest BCUT2D eigenvalue weighted by molar-refractivity contribution is 5.87. The maximum absolute atomic E-state index is 13.9. The van der Waals surface area contributed by atoms with Gasteiger partial charge in [-0.25, -0.2) is 9.78 Å². The summed E-state index contributed by atoms with van der Waals surface area (Å²) in [6, 6.07) is 7.84. The van der Waals surface area contributed by atoms with Crippen LogP contribution in [-0.2, 0) is 6.18 Å². The van der Waals surface area contributed by atoms with Crippen molar-refractivity contribution in [2.75, 3.05) is 0 Å². The Morgan fingerprint density at radius 1 is 1.14 bits per heavy atom. The lowest BCUT2D eigenvalue weighted by Gasteiger charge is -2.19. The van der Waals surface area contributed by atoms with Gasteiger partial charge in [0.05, 0.1) is 5.56 Å². The van der Waals surface area contributed by atoms with E-state index in [2.05, 4.69) is 15.1 Å². The number of carboxylic acid groups (broad SMARTS) is 1. The predicted molar refractivity (Wildman–Crippen MR) is 119 cm³/mol. The second-order valence-corrected chi connectivity index (χ2v) is 8.65. The minimum Gasteiger partial charge on any atom is -0.476 e. The van der Waals surface area contributed by atoms with E-state index in [1.807, 2.05) is 0 Å². The van der Waals surface area contributed by atoms with E-state index < -0.39 is 23.4 Å². The number of benzene rings is 1. The number of carboxylic acids is 1. The van der Waals surface area contributed by atoms with Crippen LogP contribution in [0.3, 0.4) is 0 Å². The normalized spacial score (nSPS) is 15.1. The molecule has 0 atom stereocenters. The molecule has 4 aromatic rings. The van der Waals surface area contributed by atoms with Crippen LogP contribution in [0.1, 0.15) is 65.7 Å². The lowest BCUT2D eigenvalue weighted by atomic mass is 9.87. The lowest BCUT2D eigenvalue weighted by molar-refractivity contribution is -0.140. The fourth-order valence-electron chi connectivity index (χ4n) is 4.75. The zero-order chi connectivity index (χ0) is 24.9. The molecule has 0 bridgehead atoms.